The van der Waals surface area contributed by atoms with Crippen molar-refractivity contribution in [3.63, 3.8) is 0 Å². The van der Waals surface area contributed by atoms with E-state index in [4.69, 9.17) is 0 Å². The Morgan fingerprint density at radius 3 is 2.82 bits per heavy atom. The van der Waals surface area contributed by atoms with Crippen molar-refractivity contribution in [1.29, 1.82) is 0 Å². The monoisotopic (exact) mass is 256 g/mol. The molecule has 0 spiro atoms. The molecule has 0 aliphatic carbocycles. The van der Waals surface area contributed by atoms with Crippen LogP contribution in [0, 0.1) is 0 Å². The summed E-state index contributed by atoms with van der Waals surface area (Å²) in [6, 6.07) is 0.871. The first-order valence-corrected chi connectivity index (χ1v) is 8.57. The van der Waals surface area contributed by atoms with Crippen LogP contribution in [0.15, 0.2) is 0 Å². The molecule has 2 nitrogen and oxygen atoms in total. The van der Waals surface area contributed by atoms with Crippen LogP contribution in [0.25, 0.3) is 0 Å². The number of hydrogen-bond donors (Lipinski definition) is 0. The Kier molecular flexibility index (Phi) is 5.64. The number of fused-ring (bicyclic) bond motifs is 1. The SMILES string of the molecule is CSC(C)CCN1CCCN2CCCCC2C1. The lowest BCUT2D eigenvalue weighted by atomic mass is 10.0. The van der Waals surface area contributed by atoms with E-state index < -0.39 is 0 Å². The number of hydrogen-bond acceptors (Lipinski definition) is 3. The molecular formula is C14H28N2S. The highest BCUT2D eigenvalue weighted by molar-refractivity contribution is 7.99. The quantitative estimate of drug-likeness (QED) is 0.763. The second kappa shape index (κ2) is 7.01. The molecule has 2 aliphatic rings. The molecule has 2 rings (SSSR count). The number of piperidine rings is 1. The fourth-order valence-corrected chi connectivity index (χ4v) is 3.47. The van der Waals surface area contributed by atoms with E-state index >= 15 is 0 Å². The third-order valence-corrected chi connectivity index (χ3v) is 5.43. The van der Waals surface area contributed by atoms with Crippen LogP contribution in [0.3, 0.4) is 0 Å². The van der Waals surface area contributed by atoms with Crippen molar-refractivity contribution in [3.8, 4) is 0 Å². The summed E-state index contributed by atoms with van der Waals surface area (Å²) in [6.07, 6.45) is 9.29. The fourth-order valence-electron chi connectivity index (χ4n) is 3.13. The second-order valence-electron chi connectivity index (χ2n) is 5.67. The number of rotatable bonds is 4. The summed E-state index contributed by atoms with van der Waals surface area (Å²) in [5.41, 5.74) is 0. The van der Waals surface area contributed by atoms with Gasteiger partial charge in [0.15, 0.2) is 0 Å². The van der Waals surface area contributed by atoms with Gasteiger partial charge in [-0.05, 0) is 58.1 Å². The molecule has 3 heteroatoms. The van der Waals surface area contributed by atoms with Crippen LogP contribution in [-0.2, 0) is 0 Å². The van der Waals surface area contributed by atoms with Gasteiger partial charge in [-0.15, -0.1) is 0 Å². The van der Waals surface area contributed by atoms with E-state index in [0.29, 0.717) is 0 Å². The molecular weight excluding hydrogens is 228 g/mol. The third kappa shape index (κ3) is 4.15. The van der Waals surface area contributed by atoms with Crippen LogP contribution in [0.4, 0.5) is 0 Å². The van der Waals surface area contributed by atoms with E-state index in [9.17, 15) is 0 Å². The van der Waals surface area contributed by atoms with Gasteiger partial charge in [0, 0.05) is 17.8 Å². The van der Waals surface area contributed by atoms with Gasteiger partial charge in [-0.3, -0.25) is 4.90 Å². The molecule has 2 atom stereocenters. The van der Waals surface area contributed by atoms with E-state index in [1.807, 2.05) is 11.8 Å². The standard InChI is InChI=1S/C14H28N2S/c1-13(17-2)7-11-15-8-5-10-16-9-4-3-6-14(16)12-15/h13-14H,3-12H2,1-2H3. The first kappa shape index (κ1) is 13.7. The Labute approximate surface area is 111 Å². The minimum atomic E-state index is 0.820. The van der Waals surface area contributed by atoms with Crippen LogP contribution < -0.4 is 0 Å². The largest absolute Gasteiger partial charge is 0.302 e. The summed E-state index contributed by atoms with van der Waals surface area (Å²) in [5, 5.41) is 0.820. The smallest absolute Gasteiger partial charge is 0.0223 e. The molecule has 0 aromatic carbocycles. The molecule has 0 aromatic heterocycles. The van der Waals surface area contributed by atoms with Gasteiger partial charge in [-0.1, -0.05) is 13.3 Å². The van der Waals surface area contributed by atoms with Crippen molar-refractivity contribution < 1.29 is 0 Å². The maximum Gasteiger partial charge on any atom is 0.0223 e. The maximum atomic E-state index is 2.75. The minimum absolute atomic E-state index is 0.820. The van der Waals surface area contributed by atoms with Gasteiger partial charge >= 0.3 is 0 Å². The molecule has 0 N–H and O–H groups in total. The number of thioether (sulfide) groups is 1. The molecule has 0 radical (unpaired) electrons. The van der Waals surface area contributed by atoms with E-state index in [2.05, 4.69) is 23.0 Å². The predicted molar refractivity (Wildman–Crippen MR) is 77.9 cm³/mol. The molecule has 2 saturated heterocycles. The van der Waals surface area contributed by atoms with Crippen LogP contribution in [0.2, 0.25) is 0 Å². The van der Waals surface area contributed by atoms with Gasteiger partial charge < -0.3 is 4.90 Å². The average Bonchev–Trinajstić information content (AvgIpc) is 2.57. The lowest BCUT2D eigenvalue weighted by Gasteiger charge is -2.35. The number of nitrogens with zero attached hydrogens (tertiary/aromatic N) is 2. The Morgan fingerprint density at radius 1 is 1.18 bits per heavy atom. The van der Waals surface area contributed by atoms with Crippen molar-refractivity contribution in [3.05, 3.63) is 0 Å². The third-order valence-electron chi connectivity index (χ3n) is 4.39. The van der Waals surface area contributed by atoms with Gasteiger partial charge in [0.05, 0.1) is 0 Å². The van der Waals surface area contributed by atoms with Crippen molar-refractivity contribution in [2.24, 2.45) is 0 Å². The van der Waals surface area contributed by atoms with E-state index in [-0.39, 0.29) is 0 Å². The zero-order valence-electron chi connectivity index (χ0n) is 11.5. The van der Waals surface area contributed by atoms with Crippen molar-refractivity contribution in [2.45, 2.75) is 50.3 Å². The lowest BCUT2D eigenvalue weighted by Crippen LogP contribution is -2.44. The fraction of sp³-hybridized carbons (Fsp3) is 1.00. The topological polar surface area (TPSA) is 6.48 Å². The van der Waals surface area contributed by atoms with Crippen molar-refractivity contribution >= 4 is 11.8 Å². The minimum Gasteiger partial charge on any atom is -0.302 e. The van der Waals surface area contributed by atoms with Crippen LogP contribution in [-0.4, -0.2) is 60.1 Å². The van der Waals surface area contributed by atoms with E-state index in [1.165, 1.54) is 64.8 Å². The van der Waals surface area contributed by atoms with Crippen LogP contribution in [0.5, 0.6) is 0 Å². The lowest BCUT2D eigenvalue weighted by molar-refractivity contribution is 0.136. The highest BCUT2D eigenvalue weighted by Gasteiger charge is 2.26. The van der Waals surface area contributed by atoms with Crippen LogP contribution >= 0.6 is 11.8 Å². The van der Waals surface area contributed by atoms with Gasteiger partial charge in [0.1, 0.15) is 0 Å². The Balaban J connectivity index is 1.79. The predicted octanol–water partition coefficient (Wildman–Crippen LogP) is 2.69. The highest BCUT2D eigenvalue weighted by atomic mass is 32.2. The summed E-state index contributed by atoms with van der Waals surface area (Å²) < 4.78 is 0. The summed E-state index contributed by atoms with van der Waals surface area (Å²) in [7, 11) is 0. The zero-order valence-corrected chi connectivity index (χ0v) is 12.3. The maximum absolute atomic E-state index is 2.75. The molecule has 2 heterocycles. The van der Waals surface area contributed by atoms with Gasteiger partial charge in [0.2, 0.25) is 0 Å². The van der Waals surface area contributed by atoms with E-state index in [1.54, 1.807) is 0 Å². The molecule has 17 heavy (non-hydrogen) atoms. The molecule has 2 unspecified atom stereocenters. The molecule has 0 saturated carbocycles. The first-order chi connectivity index (χ1) is 8.29. The van der Waals surface area contributed by atoms with Gasteiger partial charge in [-0.25, -0.2) is 0 Å². The normalized spacial score (nSPS) is 29.6. The summed E-state index contributed by atoms with van der Waals surface area (Å²) >= 11 is 2.00. The van der Waals surface area contributed by atoms with E-state index in [0.717, 1.165) is 11.3 Å². The Bertz CT molecular complexity index is 222. The average molecular weight is 256 g/mol. The van der Waals surface area contributed by atoms with Gasteiger partial charge in [-0.2, -0.15) is 11.8 Å². The Hall–Kier alpha value is 0.270. The van der Waals surface area contributed by atoms with Crippen molar-refractivity contribution in [2.75, 3.05) is 39.0 Å². The van der Waals surface area contributed by atoms with Crippen molar-refractivity contribution in [1.82, 2.24) is 9.80 Å². The molecule has 0 bridgehead atoms. The summed E-state index contributed by atoms with van der Waals surface area (Å²) in [5.74, 6) is 0. The van der Waals surface area contributed by atoms with Crippen LogP contribution in [0.1, 0.15) is 39.0 Å². The zero-order chi connectivity index (χ0) is 12.1. The van der Waals surface area contributed by atoms with Gasteiger partial charge in [0.25, 0.3) is 0 Å². The molecule has 2 fully saturated rings. The molecule has 0 aromatic rings. The molecule has 2 aliphatic heterocycles. The first-order valence-electron chi connectivity index (χ1n) is 7.29. The molecule has 100 valence electrons. The second-order valence-corrected chi connectivity index (χ2v) is 6.95. The Morgan fingerprint density at radius 2 is 2.00 bits per heavy atom. The summed E-state index contributed by atoms with van der Waals surface area (Å²) in [6.45, 7) is 9.04. The summed E-state index contributed by atoms with van der Waals surface area (Å²) in [4.78, 5) is 5.48. The molecule has 0 amide bonds. The highest BCUT2D eigenvalue weighted by Crippen LogP contribution is 2.21.